The Bertz CT molecular complexity index is 1310. The molecule has 0 aliphatic carbocycles. The Morgan fingerprint density at radius 1 is 0.582 bits per heavy atom. The number of unbranched alkanes of at least 4 members (excludes halogenated alkanes) is 4. The molecule has 1 unspecified atom stereocenters. The number of carbonyl (C=O) groups excluding carboxylic acids is 2. The average molecular weight is 785 g/mol. The van der Waals surface area contributed by atoms with Gasteiger partial charge in [0, 0.05) is 12.8 Å². The average Bonchev–Trinajstić information content (AvgIpc) is 3.15. The summed E-state index contributed by atoms with van der Waals surface area (Å²) in [6, 6.07) is 0. The van der Waals surface area contributed by atoms with Gasteiger partial charge in [0.15, 0.2) is 6.10 Å². The number of aliphatic hydroxyl groups is 1. The summed E-state index contributed by atoms with van der Waals surface area (Å²) in [6.45, 7) is 3.34. The van der Waals surface area contributed by atoms with Gasteiger partial charge in [0.05, 0.1) is 12.7 Å². The highest BCUT2D eigenvalue weighted by Gasteiger charge is 2.22. The summed E-state index contributed by atoms with van der Waals surface area (Å²) in [6.07, 6.45) is 52.5. The van der Waals surface area contributed by atoms with Gasteiger partial charge in [0.2, 0.25) is 0 Å². The zero-order chi connectivity index (χ0) is 40.5. The number of carbonyl (C=O) groups is 2. The highest BCUT2D eigenvalue weighted by atomic mass is 31.2. The molecule has 0 saturated heterocycles. The normalized spacial score (nSPS) is 14.3. The lowest BCUT2D eigenvalue weighted by Gasteiger charge is -2.18. The topological polar surface area (TPSA) is 140 Å². The minimum absolute atomic E-state index is 0.0439. The van der Waals surface area contributed by atoms with Gasteiger partial charge in [-0.15, -0.1) is 0 Å². The van der Waals surface area contributed by atoms with Crippen molar-refractivity contribution in [1.29, 1.82) is 0 Å². The van der Waals surface area contributed by atoms with Crippen LogP contribution in [0.1, 0.15) is 123 Å². The van der Waals surface area contributed by atoms with Gasteiger partial charge >= 0.3 is 19.8 Å². The molecule has 0 amide bonds. The molecule has 308 valence electrons. The standard InChI is InChI=1S/C45H69O9P/c1-3-5-7-9-11-12-13-14-15-16-17-18-19-23-26-30-34-38-44(47)52-40-43(41-53-55(49,50)51)54-45(48)39-35-31-27-24-21-20-22-25-29-33-37-42(46)36-32-28-10-8-6-4-2/h6,8,11-12,14-15,17-18,20-21,23,25-29,31-33,37,42-43,46H,3-5,7,9-10,13,16,19,22,24,30,34-36,38-41H2,1-2H3,(H2,49,50,51)/b8-6-,12-11-,15-14-,18-17-,21-20-,26-23-,29-25-,31-27-,32-28-,37-33+/t42?,43-/m1/s1. The lowest BCUT2D eigenvalue weighted by Crippen LogP contribution is -2.29. The van der Waals surface area contributed by atoms with E-state index >= 15 is 0 Å². The Morgan fingerprint density at radius 3 is 1.69 bits per heavy atom. The van der Waals surface area contributed by atoms with Crippen LogP contribution in [0, 0.1) is 0 Å². The number of allylic oxidation sites excluding steroid dienone is 18. The van der Waals surface area contributed by atoms with Crippen LogP contribution < -0.4 is 0 Å². The van der Waals surface area contributed by atoms with Crippen LogP contribution in [0.2, 0.25) is 0 Å². The highest BCUT2D eigenvalue weighted by Crippen LogP contribution is 2.35. The summed E-state index contributed by atoms with van der Waals surface area (Å²) in [5, 5.41) is 9.97. The summed E-state index contributed by atoms with van der Waals surface area (Å²) in [7, 11) is -4.81. The predicted molar refractivity (Wildman–Crippen MR) is 226 cm³/mol. The van der Waals surface area contributed by atoms with Crippen LogP contribution in [0.15, 0.2) is 122 Å². The number of phosphoric ester groups is 1. The zero-order valence-electron chi connectivity index (χ0n) is 33.4. The van der Waals surface area contributed by atoms with Gasteiger partial charge in [-0.05, 0) is 83.5 Å². The first kappa shape index (κ1) is 51.4. The van der Waals surface area contributed by atoms with Crippen LogP contribution in [0.25, 0.3) is 0 Å². The molecule has 3 N–H and O–H groups in total. The van der Waals surface area contributed by atoms with E-state index in [9.17, 15) is 19.3 Å². The molecule has 0 heterocycles. The molecular weight excluding hydrogens is 715 g/mol. The first-order valence-corrected chi connectivity index (χ1v) is 21.5. The number of phosphoric acid groups is 1. The minimum atomic E-state index is -4.81. The molecule has 0 radical (unpaired) electrons. The van der Waals surface area contributed by atoms with E-state index in [0.29, 0.717) is 32.1 Å². The van der Waals surface area contributed by atoms with E-state index in [0.717, 1.165) is 44.9 Å². The SMILES string of the molecule is CC/C=C\C/C=C\CC(O)/C=C/C=C\C/C=C\C/C=C\CCC(=O)O[C@H](COC(=O)CCC/C=C\C/C=C\C/C=C\C/C=C\CCCCC)COP(=O)(O)O. The van der Waals surface area contributed by atoms with Gasteiger partial charge in [-0.25, -0.2) is 4.57 Å². The first-order chi connectivity index (χ1) is 26.7. The lowest BCUT2D eigenvalue weighted by molar-refractivity contribution is -0.161. The van der Waals surface area contributed by atoms with E-state index in [2.05, 4.69) is 67.0 Å². The molecule has 0 aromatic rings. The van der Waals surface area contributed by atoms with Crippen molar-refractivity contribution in [2.24, 2.45) is 0 Å². The molecule has 55 heavy (non-hydrogen) atoms. The lowest BCUT2D eigenvalue weighted by atomic mass is 10.2. The molecule has 0 spiro atoms. The molecule has 9 nitrogen and oxygen atoms in total. The van der Waals surface area contributed by atoms with Crippen molar-refractivity contribution in [3.8, 4) is 0 Å². The molecular formula is C45H69O9P. The maximum Gasteiger partial charge on any atom is 0.469 e. The number of esters is 2. The highest BCUT2D eigenvalue weighted by molar-refractivity contribution is 7.46. The Balaban J connectivity index is 4.27. The number of hydrogen-bond acceptors (Lipinski definition) is 7. The van der Waals surface area contributed by atoms with Crippen LogP contribution in [0.5, 0.6) is 0 Å². The Kier molecular flexibility index (Phi) is 36.2. The molecule has 2 atom stereocenters. The fraction of sp³-hybridized carbons (Fsp3) is 0.511. The molecule has 0 rings (SSSR count). The molecule has 0 bridgehead atoms. The van der Waals surface area contributed by atoms with Gasteiger partial charge < -0.3 is 24.4 Å². The number of ether oxygens (including phenoxy) is 2. The Labute approximate surface area is 331 Å². The predicted octanol–water partition coefficient (Wildman–Crippen LogP) is 11.1. The summed E-state index contributed by atoms with van der Waals surface area (Å²) in [5.41, 5.74) is 0. The van der Waals surface area contributed by atoms with E-state index in [1.165, 1.54) is 19.3 Å². The van der Waals surface area contributed by atoms with Gasteiger partial charge in [-0.1, -0.05) is 148 Å². The first-order valence-electron chi connectivity index (χ1n) is 19.9. The third-order valence-electron chi connectivity index (χ3n) is 7.56. The summed E-state index contributed by atoms with van der Waals surface area (Å²) in [4.78, 5) is 42.7. The second-order valence-electron chi connectivity index (χ2n) is 12.7. The fourth-order valence-electron chi connectivity index (χ4n) is 4.59. The monoisotopic (exact) mass is 784 g/mol. The zero-order valence-corrected chi connectivity index (χ0v) is 34.3. The van der Waals surface area contributed by atoms with Crippen molar-refractivity contribution in [2.75, 3.05) is 13.2 Å². The van der Waals surface area contributed by atoms with E-state index in [1.807, 2.05) is 66.8 Å². The van der Waals surface area contributed by atoms with Crippen molar-refractivity contribution < 1.29 is 43.0 Å². The van der Waals surface area contributed by atoms with Crippen LogP contribution >= 0.6 is 7.82 Å². The number of hydrogen-bond donors (Lipinski definition) is 3. The van der Waals surface area contributed by atoms with E-state index in [4.69, 9.17) is 19.3 Å². The molecule has 10 heteroatoms. The van der Waals surface area contributed by atoms with Crippen LogP contribution in [-0.2, 0) is 28.2 Å². The molecule has 0 aliphatic heterocycles. The smallest absolute Gasteiger partial charge is 0.462 e. The largest absolute Gasteiger partial charge is 0.469 e. The third-order valence-corrected chi connectivity index (χ3v) is 8.04. The summed E-state index contributed by atoms with van der Waals surface area (Å²) >= 11 is 0. The van der Waals surface area contributed by atoms with Crippen LogP contribution in [-0.4, -0.2) is 52.3 Å². The van der Waals surface area contributed by atoms with Crippen LogP contribution in [0.4, 0.5) is 0 Å². The molecule has 0 fully saturated rings. The minimum Gasteiger partial charge on any atom is -0.462 e. The third kappa shape index (κ3) is 41.4. The molecule has 0 saturated carbocycles. The molecule has 0 aromatic heterocycles. The van der Waals surface area contributed by atoms with Crippen molar-refractivity contribution >= 4 is 19.8 Å². The summed E-state index contributed by atoms with van der Waals surface area (Å²) < 4.78 is 26.2. The van der Waals surface area contributed by atoms with E-state index in [1.54, 1.807) is 6.08 Å². The van der Waals surface area contributed by atoms with E-state index in [-0.39, 0.29) is 19.4 Å². The van der Waals surface area contributed by atoms with Crippen LogP contribution in [0.3, 0.4) is 0 Å². The van der Waals surface area contributed by atoms with Crippen molar-refractivity contribution in [3.63, 3.8) is 0 Å². The van der Waals surface area contributed by atoms with Gasteiger partial charge in [-0.3, -0.25) is 14.1 Å². The summed E-state index contributed by atoms with van der Waals surface area (Å²) in [5.74, 6) is -1.09. The second-order valence-corrected chi connectivity index (χ2v) is 14.0. The van der Waals surface area contributed by atoms with Gasteiger partial charge in [-0.2, -0.15) is 0 Å². The Morgan fingerprint density at radius 2 is 1.11 bits per heavy atom. The number of rotatable bonds is 34. The van der Waals surface area contributed by atoms with Crippen molar-refractivity contribution in [1.82, 2.24) is 0 Å². The van der Waals surface area contributed by atoms with Crippen molar-refractivity contribution in [3.05, 3.63) is 122 Å². The Hall–Kier alpha value is -3.59. The quantitative estimate of drug-likeness (QED) is 0.0191. The fourth-order valence-corrected chi connectivity index (χ4v) is 4.95. The second kappa shape index (κ2) is 38.7. The van der Waals surface area contributed by atoms with E-state index < -0.39 is 38.6 Å². The maximum absolute atomic E-state index is 12.4. The van der Waals surface area contributed by atoms with Gasteiger partial charge in [0.25, 0.3) is 0 Å². The molecule has 0 aromatic carbocycles. The van der Waals surface area contributed by atoms with Gasteiger partial charge in [0.1, 0.15) is 6.61 Å². The van der Waals surface area contributed by atoms with Crippen molar-refractivity contribution in [2.45, 2.75) is 135 Å². The maximum atomic E-state index is 12.4. The molecule has 0 aliphatic rings. The number of aliphatic hydroxyl groups excluding tert-OH is 1.